The van der Waals surface area contributed by atoms with Gasteiger partial charge in [-0.05, 0) is 68.7 Å². The Labute approximate surface area is 210 Å². The lowest BCUT2D eigenvalue weighted by Gasteiger charge is -2.39. The molecular weight excluding hydrogens is 456 g/mol. The lowest BCUT2D eigenvalue weighted by atomic mass is 9.79. The van der Waals surface area contributed by atoms with Crippen molar-refractivity contribution in [1.82, 2.24) is 19.4 Å². The molecule has 2 aliphatic heterocycles. The molecule has 9 heteroatoms. The molecule has 3 aromatic rings. The van der Waals surface area contributed by atoms with Crippen molar-refractivity contribution in [3.05, 3.63) is 36.8 Å². The average Bonchev–Trinajstić information content (AvgIpc) is 3.60. The highest BCUT2D eigenvalue weighted by molar-refractivity contribution is 6.00. The number of rotatable bonds is 8. The molecule has 3 aliphatic rings. The summed E-state index contributed by atoms with van der Waals surface area (Å²) in [7, 11) is 0. The van der Waals surface area contributed by atoms with E-state index in [1.165, 1.54) is 6.33 Å². The molecule has 0 bridgehead atoms. The molecule has 4 heterocycles. The monoisotopic (exact) mass is 490 g/mol. The molecule has 2 atom stereocenters. The van der Waals surface area contributed by atoms with Gasteiger partial charge in [0, 0.05) is 31.0 Å². The van der Waals surface area contributed by atoms with Gasteiger partial charge >= 0.3 is 0 Å². The van der Waals surface area contributed by atoms with E-state index in [2.05, 4.69) is 37.8 Å². The highest BCUT2D eigenvalue weighted by atomic mass is 16.5. The van der Waals surface area contributed by atoms with Crippen molar-refractivity contribution in [2.75, 3.05) is 32.0 Å². The number of benzene rings is 1. The van der Waals surface area contributed by atoms with Gasteiger partial charge in [0.25, 0.3) is 0 Å². The summed E-state index contributed by atoms with van der Waals surface area (Å²) in [6.45, 7) is 3.27. The molecule has 190 valence electrons. The van der Waals surface area contributed by atoms with E-state index in [0.29, 0.717) is 24.4 Å². The van der Waals surface area contributed by atoms with Crippen LogP contribution in [0, 0.1) is 5.92 Å². The number of aromatic nitrogens is 3. The highest BCUT2D eigenvalue weighted by Crippen LogP contribution is 2.44. The Hall–Kier alpha value is -3.17. The predicted octanol–water partition coefficient (Wildman–Crippen LogP) is 3.14. The summed E-state index contributed by atoms with van der Waals surface area (Å²) in [5.41, 5.74) is 14.9. The fourth-order valence-electron chi connectivity index (χ4n) is 6.10. The molecule has 1 aromatic carbocycles. The first-order chi connectivity index (χ1) is 17.6. The minimum absolute atomic E-state index is 0.106. The first-order valence-corrected chi connectivity index (χ1v) is 13.1. The maximum atomic E-state index is 11.8. The van der Waals surface area contributed by atoms with E-state index < -0.39 is 0 Å². The fraction of sp³-hybridized carbons (Fsp3) is 0.519. The maximum Gasteiger partial charge on any atom is 0.234 e. The largest absolute Gasteiger partial charge is 0.491 e. The summed E-state index contributed by atoms with van der Waals surface area (Å²) in [4.78, 5) is 22.9. The summed E-state index contributed by atoms with van der Waals surface area (Å²) in [5.74, 6) is 1.65. The summed E-state index contributed by atoms with van der Waals surface area (Å²) in [5, 5.41) is 0.880. The molecule has 6 rings (SSSR count). The van der Waals surface area contributed by atoms with Gasteiger partial charge in [0.1, 0.15) is 30.1 Å². The molecule has 1 saturated carbocycles. The number of carbonyl (C=O) groups is 1. The highest BCUT2D eigenvalue weighted by Gasteiger charge is 2.37. The number of hydrogen-bond acceptors (Lipinski definition) is 7. The first kappa shape index (κ1) is 23.2. The number of primary amides is 1. The van der Waals surface area contributed by atoms with Crippen molar-refractivity contribution in [2.45, 2.75) is 56.7 Å². The van der Waals surface area contributed by atoms with Crippen LogP contribution in [0.2, 0.25) is 0 Å². The van der Waals surface area contributed by atoms with Gasteiger partial charge in [0.05, 0.1) is 17.5 Å². The van der Waals surface area contributed by atoms with Crippen LogP contribution in [0.5, 0.6) is 5.75 Å². The van der Waals surface area contributed by atoms with Gasteiger partial charge in [-0.2, -0.15) is 0 Å². The third kappa shape index (κ3) is 4.41. The van der Waals surface area contributed by atoms with Gasteiger partial charge in [-0.1, -0.05) is 12.1 Å². The Kier molecular flexibility index (Phi) is 6.27. The number of nitrogens with two attached hydrogens (primary N) is 2. The Morgan fingerprint density at radius 3 is 2.89 bits per heavy atom. The second kappa shape index (κ2) is 9.71. The Bertz CT molecular complexity index is 1250. The number of fused-ring (bicyclic) bond motifs is 1. The topological polar surface area (TPSA) is 122 Å². The van der Waals surface area contributed by atoms with Crippen molar-refractivity contribution in [3.63, 3.8) is 0 Å². The van der Waals surface area contributed by atoms with E-state index in [9.17, 15) is 4.79 Å². The molecule has 0 spiro atoms. The predicted molar refractivity (Wildman–Crippen MR) is 137 cm³/mol. The van der Waals surface area contributed by atoms with E-state index in [4.69, 9.17) is 20.9 Å². The third-order valence-corrected chi connectivity index (χ3v) is 8.03. The molecule has 9 nitrogen and oxygen atoms in total. The summed E-state index contributed by atoms with van der Waals surface area (Å²) in [6.07, 6.45) is 10.0. The van der Waals surface area contributed by atoms with Crippen LogP contribution in [-0.2, 0) is 9.53 Å². The van der Waals surface area contributed by atoms with Gasteiger partial charge in [0.2, 0.25) is 5.91 Å². The van der Waals surface area contributed by atoms with E-state index in [0.717, 1.165) is 86.1 Å². The van der Waals surface area contributed by atoms with Crippen LogP contribution in [-0.4, -0.2) is 63.8 Å². The zero-order valence-corrected chi connectivity index (χ0v) is 20.5. The normalized spacial score (nSPS) is 26.3. The van der Waals surface area contributed by atoms with Crippen molar-refractivity contribution in [2.24, 2.45) is 11.7 Å². The quantitative estimate of drug-likeness (QED) is 0.497. The van der Waals surface area contributed by atoms with Crippen LogP contribution in [0.15, 0.2) is 36.8 Å². The van der Waals surface area contributed by atoms with Gasteiger partial charge in [0.15, 0.2) is 0 Å². The number of hydrogen-bond donors (Lipinski definition) is 2. The minimum Gasteiger partial charge on any atom is -0.491 e. The molecule has 3 fully saturated rings. The number of nitrogen functional groups attached to an aromatic ring is 1. The second-order valence-corrected chi connectivity index (χ2v) is 10.4. The lowest BCUT2D eigenvalue weighted by molar-refractivity contribution is -0.122. The summed E-state index contributed by atoms with van der Waals surface area (Å²) < 4.78 is 14.0. The van der Waals surface area contributed by atoms with Crippen LogP contribution in [0.1, 0.15) is 44.6 Å². The lowest BCUT2D eigenvalue weighted by Crippen LogP contribution is -2.44. The molecule has 0 radical (unpaired) electrons. The van der Waals surface area contributed by atoms with E-state index in [-0.39, 0.29) is 18.1 Å². The van der Waals surface area contributed by atoms with Crippen molar-refractivity contribution in [3.8, 4) is 16.9 Å². The molecule has 2 aromatic heterocycles. The summed E-state index contributed by atoms with van der Waals surface area (Å²) >= 11 is 0. The Morgan fingerprint density at radius 2 is 2.08 bits per heavy atom. The van der Waals surface area contributed by atoms with Gasteiger partial charge in [-0.3, -0.25) is 9.69 Å². The first-order valence-electron chi connectivity index (χ1n) is 13.1. The van der Waals surface area contributed by atoms with E-state index in [1.54, 1.807) is 0 Å². The smallest absolute Gasteiger partial charge is 0.234 e. The average molecular weight is 491 g/mol. The SMILES string of the molecule is NC(=O)[C@@H]1CCCN1C[C@H]1C[C@@H](n2cc(-c3cccc(OCC4CCCO4)c3)c3c(N)ncnc32)C1. The third-order valence-electron chi connectivity index (χ3n) is 8.03. The van der Waals surface area contributed by atoms with Crippen LogP contribution in [0.25, 0.3) is 22.2 Å². The number of nitrogens with zero attached hydrogens (tertiary/aromatic N) is 4. The number of ether oxygens (including phenoxy) is 2. The Balaban J connectivity index is 1.21. The zero-order valence-electron chi connectivity index (χ0n) is 20.5. The molecule has 1 unspecified atom stereocenters. The van der Waals surface area contributed by atoms with Crippen LogP contribution >= 0.6 is 0 Å². The van der Waals surface area contributed by atoms with Crippen LogP contribution in [0.4, 0.5) is 5.82 Å². The van der Waals surface area contributed by atoms with E-state index >= 15 is 0 Å². The van der Waals surface area contributed by atoms with Crippen molar-refractivity contribution < 1.29 is 14.3 Å². The summed E-state index contributed by atoms with van der Waals surface area (Å²) in [6, 6.07) is 8.35. The van der Waals surface area contributed by atoms with Crippen LogP contribution in [0.3, 0.4) is 0 Å². The van der Waals surface area contributed by atoms with E-state index in [1.807, 2.05) is 12.1 Å². The van der Waals surface area contributed by atoms with Gasteiger partial charge in [-0.15, -0.1) is 0 Å². The molecular formula is C27H34N6O3. The number of amides is 1. The van der Waals surface area contributed by atoms with Crippen molar-refractivity contribution in [1.29, 1.82) is 0 Å². The van der Waals surface area contributed by atoms with Gasteiger partial charge < -0.3 is 25.5 Å². The maximum absolute atomic E-state index is 11.8. The number of likely N-dealkylation sites (tertiary alicyclic amines) is 1. The van der Waals surface area contributed by atoms with Crippen LogP contribution < -0.4 is 16.2 Å². The molecule has 4 N–H and O–H groups in total. The Morgan fingerprint density at radius 1 is 1.19 bits per heavy atom. The second-order valence-electron chi connectivity index (χ2n) is 10.4. The minimum atomic E-state index is -0.196. The number of anilines is 1. The fourth-order valence-corrected chi connectivity index (χ4v) is 6.10. The molecule has 2 saturated heterocycles. The van der Waals surface area contributed by atoms with Gasteiger partial charge in [-0.25, -0.2) is 9.97 Å². The van der Waals surface area contributed by atoms with Crippen molar-refractivity contribution >= 4 is 22.8 Å². The standard InChI is InChI=1S/C27H34N6O3/c28-25-24-22(18-4-1-5-20(12-18)36-15-21-6-3-9-35-21)14-33(27(24)31-16-30-25)19-10-17(11-19)13-32-8-2-7-23(32)26(29)34/h1,4-5,12,14,16-17,19,21,23H,2-3,6-11,13,15H2,(H2,29,34)(H2,28,30,31)/t17-,19+,21?,23-/m0/s1. The molecule has 1 amide bonds. The zero-order chi connectivity index (χ0) is 24.6. The molecule has 1 aliphatic carbocycles. The molecule has 36 heavy (non-hydrogen) atoms. The number of carbonyl (C=O) groups excluding carboxylic acids is 1.